The van der Waals surface area contributed by atoms with Crippen LogP contribution in [0.2, 0.25) is 0 Å². The molecule has 1 atom stereocenters. The number of aliphatic hydroxyl groups excluding tert-OH is 1. The van der Waals surface area contributed by atoms with Crippen molar-refractivity contribution in [3.63, 3.8) is 0 Å². The maximum Gasteiger partial charge on any atom is 0.255 e. The second kappa shape index (κ2) is 9.66. The first kappa shape index (κ1) is 22.2. The van der Waals surface area contributed by atoms with Crippen LogP contribution in [0.4, 0.5) is 5.69 Å². The molecule has 10 nitrogen and oxygen atoms in total. The monoisotopic (exact) mass is 444 g/mol. The number of hydrogen-bond acceptors (Lipinski definition) is 7. The van der Waals surface area contributed by atoms with E-state index < -0.39 is 11.9 Å². The summed E-state index contributed by atoms with van der Waals surface area (Å²) in [5.41, 5.74) is 2.45. The van der Waals surface area contributed by atoms with Gasteiger partial charge in [0.1, 0.15) is 6.04 Å². The van der Waals surface area contributed by atoms with Crippen LogP contribution < -0.4 is 10.2 Å². The third-order valence-corrected chi connectivity index (χ3v) is 6.20. The average Bonchev–Trinajstić information content (AvgIpc) is 3.12. The normalized spacial score (nSPS) is 21.1. The number of benzene rings is 1. The molecule has 2 saturated heterocycles. The van der Waals surface area contributed by atoms with Crippen LogP contribution in [0.5, 0.6) is 0 Å². The first-order chi connectivity index (χ1) is 15.5. The van der Waals surface area contributed by atoms with E-state index >= 15 is 0 Å². The Balaban J connectivity index is 1.34. The molecular formula is C22H28N4O6. The quantitative estimate of drug-likeness (QED) is 0.430. The molecule has 3 heterocycles. The van der Waals surface area contributed by atoms with Crippen molar-refractivity contribution < 1.29 is 29.0 Å². The molecule has 32 heavy (non-hydrogen) atoms. The van der Waals surface area contributed by atoms with Crippen molar-refractivity contribution in [2.45, 2.75) is 31.8 Å². The number of carbonyl (C=O) groups is 4. The molecule has 2 fully saturated rings. The third-order valence-electron chi connectivity index (χ3n) is 6.20. The van der Waals surface area contributed by atoms with Gasteiger partial charge in [0.25, 0.3) is 5.91 Å². The highest BCUT2D eigenvalue weighted by Crippen LogP contribution is 2.31. The second-order valence-corrected chi connectivity index (χ2v) is 8.20. The molecule has 2 N–H and O–H groups in total. The lowest BCUT2D eigenvalue weighted by atomic mass is 10.0. The Morgan fingerprint density at radius 1 is 1.12 bits per heavy atom. The number of nitrogens with zero attached hydrogens (tertiary/aromatic N) is 3. The fraction of sp³-hybridized carbons (Fsp3) is 0.545. The number of amides is 4. The summed E-state index contributed by atoms with van der Waals surface area (Å²) in [6, 6.07) is 5.08. The van der Waals surface area contributed by atoms with Gasteiger partial charge in [0.15, 0.2) is 0 Å². The Hall–Kier alpha value is -2.98. The summed E-state index contributed by atoms with van der Waals surface area (Å²) in [5, 5.41) is 11.0. The molecule has 0 radical (unpaired) electrons. The molecule has 0 spiro atoms. The van der Waals surface area contributed by atoms with E-state index in [1.54, 1.807) is 11.0 Å². The molecule has 0 aromatic heterocycles. The summed E-state index contributed by atoms with van der Waals surface area (Å²) in [4.78, 5) is 54.3. The molecule has 172 valence electrons. The van der Waals surface area contributed by atoms with Gasteiger partial charge in [-0.05, 0) is 30.2 Å². The molecule has 1 aromatic rings. The predicted octanol–water partition coefficient (Wildman–Crippen LogP) is -0.505. The van der Waals surface area contributed by atoms with Gasteiger partial charge in [-0.25, -0.2) is 0 Å². The van der Waals surface area contributed by atoms with Crippen LogP contribution in [-0.4, -0.2) is 90.6 Å². The van der Waals surface area contributed by atoms with Gasteiger partial charge in [-0.2, -0.15) is 0 Å². The SMILES string of the molecule is O=C1CCC(N2Cc3cc(N4CCN(C(=O)CCOCCO)CC4)ccc3C2=O)C(=O)N1. The van der Waals surface area contributed by atoms with Gasteiger partial charge < -0.3 is 24.5 Å². The largest absolute Gasteiger partial charge is 0.394 e. The Bertz CT molecular complexity index is 912. The van der Waals surface area contributed by atoms with Crippen molar-refractivity contribution in [1.82, 2.24) is 15.1 Å². The third kappa shape index (κ3) is 4.61. The number of hydrogen-bond donors (Lipinski definition) is 2. The van der Waals surface area contributed by atoms with Gasteiger partial charge in [-0.15, -0.1) is 0 Å². The van der Waals surface area contributed by atoms with Crippen LogP contribution in [0, 0.1) is 0 Å². The molecule has 10 heteroatoms. The van der Waals surface area contributed by atoms with Crippen LogP contribution in [0.3, 0.4) is 0 Å². The lowest BCUT2D eigenvalue weighted by Crippen LogP contribution is -2.52. The van der Waals surface area contributed by atoms with E-state index in [4.69, 9.17) is 9.84 Å². The maximum absolute atomic E-state index is 12.8. The van der Waals surface area contributed by atoms with E-state index in [0.29, 0.717) is 57.7 Å². The summed E-state index contributed by atoms with van der Waals surface area (Å²) < 4.78 is 5.17. The van der Waals surface area contributed by atoms with Crippen molar-refractivity contribution in [3.05, 3.63) is 29.3 Å². The molecule has 3 aliphatic rings. The fourth-order valence-electron chi connectivity index (χ4n) is 4.46. The highest BCUT2D eigenvalue weighted by molar-refractivity contribution is 6.05. The number of ether oxygens (including phenoxy) is 1. The zero-order valence-corrected chi connectivity index (χ0v) is 17.9. The topological polar surface area (TPSA) is 119 Å². The van der Waals surface area contributed by atoms with Crippen molar-refractivity contribution in [1.29, 1.82) is 0 Å². The smallest absolute Gasteiger partial charge is 0.255 e. The first-order valence-electron chi connectivity index (χ1n) is 11.0. The van der Waals surface area contributed by atoms with Crippen LogP contribution in [-0.2, 0) is 25.7 Å². The van der Waals surface area contributed by atoms with Gasteiger partial charge in [0, 0.05) is 50.4 Å². The Labute approximate surface area is 186 Å². The fourth-order valence-corrected chi connectivity index (χ4v) is 4.46. The second-order valence-electron chi connectivity index (χ2n) is 8.20. The molecule has 1 aromatic carbocycles. The van der Waals surface area contributed by atoms with E-state index in [2.05, 4.69) is 10.2 Å². The molecule has 3 aliphatic heterocycles. The van der Waals surface area contributed by atoms with Crippen molar-refractivity contribution >= 4 is 29.3 Å². The molecule has 0 aliphatic carbocycles. The van der Waals surface area contributed by atoms with Crippen LogP contribution in [0.25, 0.3) is 0 Å². The average molecular weight is 444 g/mol. The molecule has 4 amide bonds. The number of fused-ring (bicyclic) bond motifs is 1. The zero-order valence-electron chi connectivity index (χ0n) is 17.9. The molecule has 0 saturated carbocycles. The van der Waals surface area contributed by atoms with Crippen LogP contribution in [0.15, 0.2) is 18.2 Å². The van der Waals surface area contributed by atoms with Crippen molar-refractivity contribution in [2.75, 3.05) is 50.9 Å². The highest BCUT2D eigenvalue weighted by atomic mass is 16.5. The minimum Gasteiger partial charge on any atom is -0.394 e. The number of aliphatic hydroxyl groups is 1. The molecule has 4 rings (SSSR count). The van der Waals surface area contributed by atoms with E-state index in [1.165, 1.54) is 0 Å². The van der Waals surface area contributed by atoms with Gasteiger partial charge in [0.05, 0.1) is 26.2 Å². The van der Waals surface area contributed by atoms with Gasteiger partial charge in [0.2, 0.25) is 17.7 Å². The highest BCUT2D eigenvalue weighted by Gasteiger charge is 2.39. The number of carbonyl (C=O) groups excluding carboxylic acids is 4. The minimum absolute atomic E-state index is 0.0435. The zero-order chi connectivity index (χ0) is 22.7. The number of anilines is 1. The van der Waals surface area contributed by atoms with Gasteiger partial charge >= 0.3 is 0 Å². The molecule has 1 unspecified atom stereocenters. The molecular weight excluding hydrogens is 416 g/mol. The number of piperazine rings is 1. The standard InChI is InChI=1S/C22H28N4O6/c27-10-12-32-11-5-20(29)25-8-6-24(7-9-25)16-1-2-17-15(13-16)14-26(22(17)31)18-3-4-19(28)23-21(18)30/h1-2,13,18,27H,3-12,14H2,(H,23,28,30). The predicted molar refractivity (Wildman–Crippen MR) is 114 cm³/mol. The van der Waals surface area contributed by atoms with Crippen molar-refractivity contribution in [3.8, 4) is 0 Å². The number of nitrogens with one attached hydrogen (secondary N) is 1. The Morgan fingerprint density at radius 2 is 1.91 bits per heavy atom. The van der Waals surface area contributed by atoms with E-state index in [9.17, 15) is 19.2 Å². The summed E-state index contributed by atoms with van der Waals surface area (Å²) in [5.74, 6) is -0.847. The van der Waals surface area contributed by atoms with E-state index in [0.717, 1.165) is 11.3 Å². The lowest BCUT2D eigenvalue weighted by molar-refractivity contribution is -0.137. The summed E-state index contributed by atoms with van der Waals surface area (Å²) in [7, 11) is 0. The van der Waals surface area contributed by atoms with Crippen LogP contribution in [0.1, 0.15) is 35.2 Å². The van der Waals surface area contributed by atoms with E-state index in [-0.39, 0.29) is 37.4 Å². The lowest BCUT2D eigenvalue weighted by Gasteiger charge is -2.36. The van der Waals surface area contributed by atoms with Crippen molar-refractivity contribution in [2.24, 2.45) is 0 Å². The summed E-state index contributed by atoms with van der Waals surface area (Å²) in [6.07, 6.45) is 0.883. The number of imide groups is 1. The summed E-state index contributed by atoms with van der Waals surface area (Å²) in [6.45, 7) is 3.43. The van der Waals surface area contributed by atoms with Crippen LogP contribution >= 0.6 is 0 Å². The van der Waals surface area contributed by atoms with E-state index in [1.807, 2.05) is 17.0 Å². The van der Waals surface area contributed by atoms with Gasteiger partial charge in [-0.3, -0.25) is 24.5 Å². The van der Waals surface area contributed by atoms with Gasteiger partial charge in [-0.1, -0.05) is 0 Å². The number of rotatable bonds is 7. The number of piperidine rings is 1. The first-order valence-corrected chi connectivity index (χ1v) is 11.0. The Kier molecular flexibility index (Phi) is 6.71. The minimum atomic E-state index is -0.619. The Morgan fingerprint density at radius 3 is 2.62 bits per heavy atom. The molecule has 0 bridgehead atoms. The maximum atomic E-state index is 12.8. The summed E-state index contributed by atoms with van der Waals surface area (Å²) >= 11 is 0.